The van der Waals surface area contributed by atoms with Crippen LogP contribution in [0.3, 0.4) is 0 Å². The summed E-state index contributed by atoms with van der Waals surface area (Å²) < 4.78 is 0. The van der Waals surface area contributed by atoms with Gasteiger partial charge in [-0.2, -0.15) is 0 Å². The lowest BCUT2D eigenvalue weighted by molar-refractivity contribution is 0.639. The van der Waals surface area contributed by atoms with Crippen LogP contribution < -0.4 is 22.9 Å². The summed E-state index contributed by atoms with van der Waals surface area (Å²) in [5.74, 6) is 0.234. The molecule has 4 nitrogen and oxygen atoms in total. The van der Waals surface area contributed by atoms with Crippen LogP contribution in [0.1, 0.15) is 27.2 Å². The molecule has 0 spiro atoms. The van der Waals surface area contributed by atoms with E-state index in [1.54, 1.807) is 6.92 Å². The lowest BCUT2D eigenvalue weighted by atomic mass is 10.0. The van der Waals surface area contributed by atoms with Crippen molar-refractivity contribution in [2.45, 2.75) is 27.2 Å². The highest BCUT2D eigenvalue weighted by Crippen LogP contribution is 2.13. The minimum atomic E-state index is 0.234. The predicted octanol–water partition coefficient (Wildman–Crippen LogP) is 0.310. The molecule has 0 saturated heterocycles. The molecule has 0 amide bonds. The van der Waals surface area contributed by atoms with E-state index < -0.39 is 0 Å². The van der Waals surface area contributed by atoms with Crippen LogP contribution in [0, 0.1) is 5.92 Å². The summed E-state index contributed by atoms with van der Waals surface area (Å²) >= 11 is 0. The quantitative estimate of drug-likeness (QED) is 0.474. The van der Waals surface area contributed by atoms with Crippen LogP contribution in [0.4, 0.5) is 0 Å². The molecular formula is C9H20N4. The standard InChI is InChI=1S/C9H20N4/c1-4-5(2)7(11)9(13)8(12)6(3)10/h5H,4,10-13H2,1-3H3/b8-6-,9-7-. The Kier molecular flexibility index (Phi) is 4.17. The molecule has 0 aliphatic carbocycles. The molecule has 0 fully saturated rings. The van der Waals surface area contributed by atoms with Crippen LogP contribution in [0.2, 0.25) is 0 Å². The van der Waals surface area contributed by atoms with Crippen LogP contribution in [-0.2, 0) is 0 Å². The Hall–Kier alpha value is -1.32. The summed E-state index contributed by atoms with van der Waals surface area (Å²) in [5.41, 5.74) is 24.6. The number of hydrogen-bond acceptors (Lipinski definition) is 4. The van der Waals surface area contributed by atoms with E-state index in [1.165, 1.54) is 0 Å². The van der Waals surface area contributed by atoms with Gasteiger partial charge in [0.05, 0.1) is 11.4 Å². The second-order valence-electron chi connectivity index (χ2n) is 3.28. The Balaban J connectivity index is 4.93. The molecule has 0 aliphatic heterocycles. The highest BCUT2D eigenvalue weighted by molar-refractivity contribution is 5.32. The SMILES string of the molecule is CCC(C)/C(N)=C(N)\C(N)=C(/C)N. The topological polar surface area (TPSA) is 104 Å². The first-order valence-corrected chi connectivity index (χ1v) is 4.39. The fourth-order valence-corrected chi connectivity index (χ4v) is 0.853. The van der Waals surface area contributed by atoms with Gasteiger partial charge in [0.1, 0.15) is 0 Å². The normalized spacial score (nSPS) is 17.5. The summed E-state index contributed by atoms with van der Waals surface area (Å²) in [6, 6.07) is 0. The fraction of sp³-hybridized carbons (Fsp3) is 0.556. The van der Waals surface area contributed by atoms with Crippen molar-refractivity contribution in [2.24, 2.45) is 28.9 Å². The molecule has 1 atom stereocenters. The van der Waals surface area contributed by atoms with E-state index in [9.17, 15) is 0 Å². The summed E-state index contributed by atoms with van der Waals surface area (Å²) in [5, 5.41) is 0. The molecular weight excluding hydrogens is 164 g/mol. The van der Waals surface area contributed by atoms with Gasteiger partial charge in [-0.05, 0) is 19.3 Å². The van der Waals surface area contributed by atoms with E-state index in [0.29, 0.717) is 22.8 Å². The van der Waals surface area contributed by atoms with Gasteiger partial charge in [-0.15, -0.1) is 0 Å². The zero-order valence-corrected chi connectivity index (χ0v) is 8.59. The zero-order valence-electron chi connectivity index (χ0n) is 8.59. The smallest absolute Gasteiger partial charge is 0.0758 e. The van der Waals surface area contributed by atoms with E-state index in [0.717, 1.165) is 6.42 Å². The van der Waals surface area contributed by atoms with Gasteiger partial charge in [0.25, 0.3) is 0 Å². The molecule has 0 aliphatic rings. The monoisotopic (exact) mass is 184 g/mol. The van der Waals surface area contributed by atoms with Crippen LogP contribution in [0.25, 0.3) is 0 Å². The Labute approximate surface area is 79.6 Å². The van der Waals surface area contributed by atoms with E-state index in [4.69, 9.17) is 22.9 Å². The van der Waals surface area contributed by atoms with E-state index in [1.807, 2.05) is 13.8 Å². The molecule has 0 aromatic carbocycles. The third kappa shape index (κ3) is 2.89. The third-order valence-electron chi connectivity index (χ3n) is 2.17. The third-order valence-corrected chi connectivity index (χ3v) is 2.17. The second kappa shape index (κ2) is 4.64. The maximum atomic E-state index is 5.79. The van der Waals surface area contributed by atoms with Crippen molar-refractivity contribution in [3.63, 3.8) is 0 Å². The van der Waals surface area contributed by atoms with Gasteiger partial charge in [-0.25, -0.2) is 0 Å². The van der Waals surface area contributed by atoms with Gasteiger partial charge >= 0.3 is 0 Å². The first kappa shape index (κ1) is 11.7. The summed E-state index contributed by atoms with van der Waals surface area (Å²) in [6.45, 7) is 5.74. The second-order valence-corrected chi connectivity index (χ2v) is 3.28. The molecule has 1 unspecified atom stereocenters. The maximum Gasteiger partial charge on any atom is 0.0758 e. The molecule has 0 saturated carbocycles. The van der Waals surface area contributed by atoms with Crippen LogP contribution in [0.15, 0.2) is 22.8 Å². The van der Waals surface area contributed by atoms with Crippen LogP contribution >= 0.6 is 0 Å². The molecule has 0 aromatic heterocycles. The average molecular weight is 184 g/mol. The largest absolute Gasteiger partial charge is 0.401 e. The molecule has 76 valence electrons. The summed E-state index contributed by atoms with van der Waals surface area (Å²) in [4.78, 5) is 0. The minimum Gasteiger partial charge on any atom is -0.401 e. The molecule has 0 bridgehead atoms. The predicted molar refractivity (Wildman–Crippen MR) is 55.9 cm³/mol. The number of allylic oxidation sites excluding steroid dienone is 2. The van der Waals surface area contributed by atoms with Gasteiger partial charge in [0.15, 0.2) is 0 Å². The molecule has 4 heteroatoms. The van der Waals surface area contributed by atoms with Gasteiger partial charge in [-0.1, -0.05) is 13.8 Å². The molecule has 0 rings (SSSR count). The van der Waals surface area contributed by atoms with Gasteiger partial charge in [0, 0.05) is 11.4 Å². The van der Waals surface area contributed by atoms with E-state index >= 15 is 0 Å². The van der Waals surface area contributed by atoms with Gasteiger partial charge < -0.3 is 22.9 Å². The van der Waals surface area contributed by atoms with E-state index in [2.05, 4.69) is 0 Å². The van der Waals surface area contributed by atoms with Crippen LogP contribution in [0.5, 0.6) is 0 Å². The van der Waals surface area contributed by atoms with Crippen LogP contribution in [-0.4, -0.2) is 0 Å². The Morgan fingerprint density at radius 2 is 1.54 bits per heavy atom. The first-order chi connectivity index (χ1) is 5.91. The summed E-state index contributed by atoms with van der Waals surface area (Å²) in [6.07, 6.45) is 0.934. The fourth-order valence-electron chi connectivity index (χ4n) is 0.853. The number of nitrogens with two attached hydrogens (primary N) is 4. The van der Waals surface area contributed by atoms with Crippen molar-refractivity contribution in [3.8, 4) is 0 Å². The average Bonchev–Trinajstić information content (AvgIpc) is 2.12. The van der Waals surface area contributed by atoms with Crippen molar-refractivity contribution >= 4 is 0 Å². The summed E-state index contributed by atoms with van der Waals surface area (Å²) in [7, 11) is 0. The Morgan fingerprint density at radius 1 is 1.08 bits per heavy atom. The van der Waals surface area contributed by atoms with Gasteiger partial charge in [-0.3, -0.25) is 0 Å². The lowest BCUT2D eigenvalue weighted by Gasteiger charge is -2.14. The molecule has 0 aromatic rings. The number of rotatable bonds is 3. The van der Waals surface area contributed by atoms with Crippen molar-refractivity contribution in [1.29, 1.82) is 0 Å². The molecule has 0 heterocycles. The maximum absolute atomic E-state index is 5.79. The first-order valence-electron chi connectivity index (χ1n) is 4.39. The van der Waals surface area contributed by atoms with Crippen molar-refractivity contribution in [1.82, 2.24) is 0 Å². The lowest BCUT2D eigenvalue weighted by Crippen LogP contribution is -2.22. The molecule has 13 heavy (non-hydrogen) atoms. The Morgan fingerprint density at radius 3 is 1.85 bits per heavy atom. The Bertz CT molecular complexity index is 236. The highest BCUT2D eigenvalue weighted by Gasteiger charge is 2.09. The van der Waals surface area contributed by atoms with Crippen molar-refractivity contribution < 1.29 is 0 Å². The zero-order chi connectivity index (χ0) is 10.6. The minimum absolute atomic E-state index is 0.234. The molecule has 0 radical (unpaired) electrons. The van der Waals surface area contributed by atoms with Crippen molar-refractivity contribution in [3.05, 3.63) is 22.8 Å². The highest BCUT2D eigenvalue weighted by atomic mass is 14.8. The number of hydrogen-bond donors (Lipinski definition) is 4. The molecule has 8 N–H and O–H groups in total. The van der Waals surface area contributed by atoms with Gasteiger partial charge in [0.2, 0.25) is 0 Å². The van der Waals surface area contributed by atoms with E-state index in [-0.39, 0.29) is 5.92 Å². The van der Waals surface area contributed by atoms with Crippen molar-refractivity contribution in [2.75, 3.05) is 0 Å².